The van der Waals surface area contributed by atoms with E-state index in [4.69, 9.17) is 46.2 Å². The number of phosphoric ester groups is 1. The van der Waals surface area contributed by atoms with Crippen molar-refractivity contribution in [1.29, 1.82) is 5.26 Å². The Bertz CT molecular complexity index is 3990. The summed E-state index contributed by atoms with van der Waals surface area (Å²) in [4.78, 5) is 75.1. The molecular formula is C61H70N11O16P2Si+. The number of H-pyrrole nitrogens is 1. The summed E-state index contributed by atoms with van der Waals surface area (Å²) < 4.78 is 95.7. The predicted octanol–water partition coefficient (Wildman–Crippen LogP) is 9.88. The Balaban J connectivity index is 1.04. The van der Waals surface area contributed by atoms with Gasteiger partial charge in [0.25, 0.3) is 11.5 Å². The van der Waals surface area contributed by atoms with Gasteiger partial charge in [0.05, 0.1) is 59.2 Å². The second-order valence-corrected chi connectivity index (χ2v) is 30.3. The topological polar surface area (TPSA) is 336 Å². The van der Waals surface area contributed by atoms with Crippen LogP contribution in [0.2, 0.25) is 18.1 Å². The number of aromatic amines is 1. The molecule has 2 aliphatic rings. The number of aromatic nitrogens is 8. The largest absolute Gasteiger partial charge is 0.695 e. The minimum atomic E-state index is -4.96. The Morgan fingerprint density at radius 1 is 0.813 bits per heavy atom. The number of benzene rings is 4. The van der Waals surface area contributed by atoms with E-state index >= 15 is 4.57 Å². The fraction of sp³-hybridized carbons (Fsp3) is 0.393. The molecule has 10 rings (SSSR count). The number of phosphoric acid groups is 1. The molecule has 0 spiro atoms. The van der Waals surface area contributed by atoms with Crippen LogP contribution in [-0.2, 0) is 56.3 Å². The van der Waals surface area contributed by atoms with Gasteiger partial charge >= 0.3 is 16.1 Å². The molecule has 0 radical (unpaired) electrons. The van der Waals surface area contributed by atoms with E-state index in [1.165, 1.54) is 23.5 Å². The number of anilines is 2. The third kappa shape index (κ3) is 14.4. The van der Waals surface area contributed by atoms with Crippen molar-refractivity contribution in [2.45, 2.75) is 114 Å². The number of nitrogens with one attached hydrogen (secondary N) is 3. The van der Waals surface area contributed by atoms with Crippen molar-refractivity contribution in [1.82, 2.24) is 39.0 Å². The van der Waals surface area contributed by atoms with Crippen LogP contribution in [-0.4, -0.2) is 129 Å². The van der Waals surface area contributed by atoms with Gasteiger partial charge in [0.2, 0.25) is 11.9 Å². The van der Waals surface area contributed by atoms with E-state index in [0.29, 0.717) is 28.2 Å². The van der Waals surface area contributed by atoms with Crippen molar-refractivity contribution < 1.29 is 69.8 Å². The number of hydrogen-bond acceptors (Lipinski definition) is 21. The van der Waals surface area contributed by atoms with Crippen LogP contribution >= 0.6 is 16.1 Å². The fourth-order valence-corrected chi connectivity index (χ4v) is 13.5. The molecule has 4 aromatic carbocycles. The lowest BCUT2D eigenvalue weighted by Gasteiger charge is -2.39. The Morgan fingerprint density at radius 2 is 1.44 bits per heavy atom. The van der Waals surface area contributed by atoms with E-state index < -0.39 is 115 Å². The van der Waals surface area contributed by atoms with Crippen LogP contribution in [0.4, 0.5) is 11.8 Å². The van der Waals surface area contributed by atoms with Crippen molar-refractivity contribution in [3.8, 4) is 17.6 Å². The van der Waals surface area contributed by atoms with Crippen molar-refractivity contribution in [2.75, 3.05) is 44.7 Å². The zero-order chi connectivity index (χ0) is 64.8. The van der Waals surface area contributed by atoms with Crippen LogP contribution in [0.3, 0.4) is 0 Å². The highest BCUT2D eigenvalue weighted by Crippen LogP contribution is 2.55. The molecule has 478 valence electrons. The standard InChI is InChI=1S/C61H69N11O16P2Si/c1-37(2)55(73)69-59-68-54-49(57(75)70-59)66-36-72(54)58-51(86-89(76)77)50(88-91(8,9)60(3,4)5)46(85-58)33-83-90(78,82-30-16-29-62)87-44-31-47(71-35-65-48-52(63-34-64-53(48)71)67-56(74)38-17-12-10-13-18-38)84-45(44)32-81-61(39-19-14-11-15-20-39,40-21-25-42(79-6)26-22-40)41-23-27-43(80-7)28-24-41/h10-15,17-28,34-37,44-47,50-51,58H,16,30-33H2,1-9H3,(H3-,63,64,67,68,69,70,73,74,75,76,77)/p+1/t44-,45+,46+,47+,50+,51+,58+,90?/m0/s1. The summed E-state index contributed by atoms with van der Waals surface area (Å²) in [5.74, 6) is -0.263. The van der Waals surface area contributed by atoms with Crippen LogP contribution in [0.25, 0.3) is 22.3 Å². The number of hydrogen-bond donors (Lipinski definition) is 4. The molecule has 0 saturated carbocycles. The zero-order valence-electron chi connectivity index (χ0n) is 51.3. The van der Waals surface area contributed by atoms with Crippen molar-refractivity contribution in [3.05, 3.63) is 161 Å². The number of nitrogens with zero attached hydrogens (tertiary/aromatic N) is 8. The molecule has 2 unspecified atom stereocenters. The van der Waals surface area contributed by atoms with Crippen molar-refractivity contribution >= 4 is 70.3 Å². The van der Waals surface area contributed by atoms with Gasteiger partial charge in [-0.1, -0.05) is 107 Å². The summed E-state index contributed by atoms with van der Waals surface area (Å²) in [6.07, 6.45) is -5.25. The molecule has 8 aromatic rings. The molecule has 2 aliphatic heterocycles. The number of nitriles is 1. The van der Waals surface area contributed by atoms with E-state index in [1.807, 2.05) is 119 Å². The van der Waals surface area contributed by atoms with E-state index in [-0.39, 0.29) is 53.5 Å². The van der Waals surface area contributed by atoms with Gasteiger partial charge in [-0.3, -0.25) is 47.4 Å². The highest BCUT2D eigenvalue weighted by molar-refractivity contribution is 7.48. The smallest absolute Gasteiger partial charge is 0.497 e. The number of imidazole rings is 2. The number of methoxy groups -OCH3 is 2. The number of rotatable bonds is 26. The first-order valence-corrected chi connectivity index (χ1v) is 34.6. The third-order valence-electron chi connectivity index (χ3n) is 16.1. The lowest BCUT2D eigenvalue weighted by molar-refractivity contribution is -0.118. The second kappa shape index (κ2) is 27.8. The number of ether oxygens (including phenoxy) is 5. The van der Waals surface area contributed by atoms with E-state index in [1.54, 1.807) is 63.0 Å². The van der Waals surface area contributed by atoms with Gasteiger partial charge in [-0.25, -0.2) is 24.5 Å². The van der Waals surface area contributed by atoms with E-state index in [2.05, 4.69) is 40.5 Å². The molecule has 0 bridgehead atoms. The molecular weight excluding hydrogens is 1230 g/mol. The third-order valence-corrected chi connectivity index (χ3v) is 22.5. The van der Waals surface area contributed by atoms with Crippen molar-refractivity contribution in [2.24, 2.45) is 5.92 Å². The van der Waals surface area contributed by atoms with Gasteiger partial charge in [-0.2, -0.15) is 10.2 Å². The summed E-state index contributed by atoms with van der Waals surface area (Å²) in [6.45, 7) is 11.8. The Morgan fingerprint density at radius 3 is 2.05 bits per heavy atom. The molecule has 4 aromatic heterocycles. The van der Waals surface area contributed by atoms with Gasteiger partial charge in [0.15, 0.2) is 48.8 Å². The first kappa shape index (κ1) is 65.9. The van der Waals surface area contributed by atoms with E-state index in [0.717, 1.165) is 5.56 Å². The average molecular weight is 1300 g/mol. The zero-order valence-corrected chi connectivity index (χ0v) is 54.1. The maximum atomic E-state index is 15.8. The Hall–Kier alpha value is -8.00. The molecule has 91 heavy (non-hydrogen) atoms. The molecule has 6 heterocycles. The van der Waals surface area contributed by atoms with Gasteiger partial charge in [0, 0.05) is 22.5 Å². The molecule has 4 N–H and O–H groups in total. The van der Waals surface area contributed by atoms with Crippen molar-refractivity contribution in [3.63, 3.8) is 0 Å². The maximum Gasteiger partial charge on any atom is 0.695 e. The summed E-state index contributed by atoms with van der Waals surface area (Å²) in [7, 11) is -8.14. The highest BCUT2D eigenvalue weighted by Gasteiger charge is 2.56. The number of amides is 2. The van der Waals surface area contributed by atoms with Crippen LogP contribution in [0.5, 0.6) is 11.5 Å². The SMILES string of the molecule is COc1ccc(C(OC[C@H]2O[C@@H](n3cnc4c(NC(=O)c5ccccc5)ncnc43)C[C@@H]2OP(=O)(OCCC#N)OC[C@H]2O[C@@H](n3cnc4c(=O)[nH]c(NC(=O)C(C)C)nc43)[C@H](O[P+](=O)O)[C@@H]2O[Si](C)(C)C(C)(C)C)(c2ccccc2)c2ccc(OC)cc2)cc1. The number of fused-ring (bicyclic) bond motifs is 2. The summed E-state index contributed by atoms with van der Waals surface area (Å²) in [5.41, 5.74) is 0.595. The average Bonchev–Trinajstić information content (AvgIpc) is 1.77. The lowest BCUT2D eigenvalue weighted by atomic mass is 9.80. The molecule has 0 aliphatic carbocycles. The molecule has 2 saturated heterocycles. The first-order valence-electron chi connectivity index (χ1n) is 29.1. The monoisotopic (exact) mass is 1300 g/mol. The predicted molar refractivity (Wildman–Crippen MR) is 333 cm³/mol. The van der Waals surface area contributed by atoms with Gasteiger partial charge in [-0.05, 0) is 71.2 Å². The molecule has 27 nitrogen and oxygen atoms in total. The van der Waals surface area contributed by atoms with Crippen LogP contribution < -0.4 is 25.7 Å². The quantitative estimate of drug-likeness (QED) is 0.0169. The Kier molecular flexibility index (Phi) is 20.2. The van der Waals surface area contributed by atoms with E-state index in [9.17, 15) is 29.1 Å². The normalized spacial score (nSPS) is 20.3. The fourth-order valence-electron chi connectivity index (χ4n) is 10.3. The minimum Gasteiger partial charge on any atom is -0.497 e. The second-order valence-electron chi connectivity index (χ2n) is 23.3. The highest BCUT2D eigenvalue weighted by atomic mass is 31.2. The summed E-state index contributed by atoms with van der Waals surface area (Å²) in [6, 6.07) is 34.9. The summed E-state index contributed by atoms with van der Waals surface area (Å²) >= 11 is 0. The maximum absolute atomic E-state index is 15.8. The van der Waals surface area contributed by atoms with Gasteiger partial charge in [0.1, 0.15) is 54.1 Å². The van der Waals surface area contributed by atoms with Crippen LogP contribution in [0.15, 0.2) is 133 Å². The molecule has 2 amide bonds. The van der Waals surface area contributed by atoms with Gasteiger partial charge in [-0.15, -0.1) is 9.42 Å². The van der Waals surface area contributed by atoms with Gasteiger partial charge < -0.3 is 33.4 Å². The Labute approximate surface area is 525 Å². The molecule has 9 atom stereocenters. The lowest BCUT2D eigenvalue weighted by Crippen LogP contribution is -2.50. The summed E-state index contributed by atoms with van der Waals surface area (Å²) in [5, 5.41) is 14.7. The molecule has 2 fully saturated rings. The minimum absolute atomic E-state index is 0.0917. The first-order chi connectivity index (χ1) is 43.5. The number of carbonyl (C=O) groups is 2. The number of carbonyl (C=O) groups excluding carboxylic acids is 2. The van der Waals surface area contributed by atoms with Crippen LogP contribution in [0, 0.1) is 17.2 Å². The molecule has 30 heteroatoms. The van der Waals surface area contributed by atoms with Crippen LogP contribution in [0.1, 0.15) is 87.0 Å².